The van der Waals surface area contributed by atoms with E-state index < -0.39 is 23.7 Å². The van der Waals surface area contributed by atoms with E-state index >= 15 is 0 Å². The molecule has 0 heterocycles. The highest BCUT2D eigenvalue weighted by Crippen LogP contribution is 2.35. The molecular weight excluding hydrogens is 241 g/mol. The van der Waals surface area contributed by atoms with Crippen molar-refractivity contribution >= 4 is 11.8 Å². The van der Waals surface area contributed by atoms with E-state index in [-0.39, 0.29) is 19.4 Å². The van der Waals surface area contributed by atoms with Crippen molar-refractivity contribution in [3.05, 3.63) is 0 Å². The molecule has 0 aliphatic heterocycles. The molecule has 1 atom stereocenters. The molecule has 1 aliphatic carbocycles. The van der Waals surface area contributed by atoms with E-state index in [0.29, 0.717) is 12.8 Å². The van der Waals surface area contributed by atoms with Crippen molar-refractivity contribution in [3.63, 3.8) is 0 Å². The number of esters is 1. The highest BCUT2D eigenvalue weighted by molar-refractivity contribution is 6.07. The van der Waals surface area contributed by atoms with E-state index in [0.717, 1.165) is 0 Å². The number of halogens is 3. The minimum atomic E-state index is -5.04. The molecule has 17 heavy (non-hydrogen) atoms. The van der Waals surface area contributed by atoms with Crippen molar-refractivity contribution in [3.8, 4) is 0 Å². The van der Waals surface area contributed by atoms with Gasteiger partial charge in [-0.05, 0) is 26.2 Å². The summed E-state index contributed by atoms with van der Waals surface area (Å²) < 4.78 is 45.1. The first-order valence-corrected chi connectivity index (χ1v) is 5.29. The van der Waals surface area contributed by atoms with E-state index in [9.17, 15) is 22.8 Å². The number of ketones is 1. The van der Waals surface area contributed by atoms with Gasteiger partial charge in [-0.15, -0.1) is 13.2 Å². The van der Waals surface area contributed by atoms with Gasteiger partial charge in [-0.3, -0.25) is 9.53 Å². The van der Waals surface area contributed by atoms with Gasteiger partial charge in [0.15, 0.2) is 5.78 Å². The Bertz CT molecular complexity index is 313. The molecule has 7 heteroatoms. The molecule has 0 aromatic carbocycles. The molecule has 0 bridgehead atoms. The lowest BCUT2D eigenvalue weighted by molar-refractivity contribution is -0.357. The highest BCUT2D eigenvalue weighted by atomic mass is 19.4. The molecule has 0 amide bonds. The Morgan fingerprint density at radius 2 is 2.06 bits per heavy atom. The van der Waals surface area contributed by atoms with Gasteiger partial charge in [0.25, 0.3) is 0 Å². The zero-order valence-corrected chi connectivity index (χ0v) is 9.30. The molecule has 98 valence electrons. The summed E-state index contributed by atoms with van der Waals surface area (Å²) in [6.45, 7) is 1.35. The summed E-state index contributed by atoms with van der Waals surface area (Å²) in [6.07, 6.45) is -4.65. The summed E-state index contributed by atoms with van der Waals surface area (Å²) in [7, 11) is 0. The van der Waals surface area contributed by atoms with Crippen LogP contribution in [0.15, 0.2) is 0 Å². The Balaban J connectivity index is 2.98. The maximum atomic E-state index is 12.3. The number of ether oxygens (including phenoxy) is 2. The molecule has 1 saturated carbocycles. The van der Waals surface area contributed by atoms with E-state index in [4.69, 9.17) is 0 Å². The zero-order chi connectivity index (χ0) is 13.1. The number of Topliss-reactive ketones (excluding diaryl/α,β-unsaturated/α-hetero) is 1. The van der Waals surface area contributed by atoms with Crippen LogP contribution in [0.5, 0.6) is 0 Å². The summed E-state index contributed by atoms with van der Waals surface area (Å²) in [5.74, 6) is -2.11. The van der Waals surface area contributed by atoms with Gasteiger partial charge >= 0.3 is 12.3 Å². The molecule has 4 nitrogen and oxygen atoms in total. The molecular formula is C10H13F3O4. The smallest absolute Gasteiger partial charge is 0.464 e. The van der Waals surface area contributed by atoms with E-state index in [1.165, 1.54) is 6.92 Å². The Morgan fingerprint density at radius 3 is 2.53 bits per heavy atom. The number of rotatable bonds is 3. The summed E-state index contributed by atoms with van der Waals surface area (Å²) in [6, 6.07) is 0. The SMILES string of the molecule is CCOC(=O)C1(OC(F)(F)F)CCCCC1=O. The van der Waals surface area contributed by atoms with Crippen LogP contribution < -0.4 is 0 Å². The van der Waals surface area contributed by atoms with Crippen LogP contribution in [0.25, 0.3) is 0 Å². The average molecular weight is 254 g/mol. The fraction of sp³-hybridized carbons (Fsp3) is 0.800. The van der Waals surface area contributed by atoms with Crippen LogP contribution in [0.1, 0.15) is 32.6 Å². The van der Waals surface area contributed by atoms with Gasteiger partial charge in [0.2, 0.25) is 5.60 Å². The normalized spacial score (nSPS) is 25.8. The number of carbonyl (C=O) groups is 2. The third-order valence-electron chi connectivity index (χ3n) is 2.53. The van der Waals surface area contributed by atoms with E-state index in [1.54, 1.807) is 0 Å². The molecule has 1 aliphatic rings. The van der Waals surface area contributed by atoms with Gasteiger partial charge in [0.1, 0.15) is 0 Å². The van der Waals surface area contributed by atoms with Gasteiger partial charge in [-0.2, -0.15) is 0 Å². The van der Waals surface area contributed by atoms with Crippen molar-refractivity contribution in [2.45, 2.75) is 44.6 Å². The Kier molecular flexibility index (Phi) is 4.13. The molecule has 1 unspecified atom stereocenters. The van der Waals surface area contributed by atoms with Gasteiger partial charge in [-0.1, -0.05) is 0 Å². The van der Waals surface area contributed by atoms with Crippen LogP contribution in [0.4, 0.5) is 13.2 Å². The third kappa shape index (κ3) is 3.18. The number of hydrogen-bond acceptors (Lipinski definition) is 4. The first kappa shape index (κ1) is 14.0. The predicted molar refractivity (Wildman–Crippen MR) is 50.0 cm³/mol. The van der Waals surface area contributed by atoms with E-state index in [2.05, 4.69) is 9.47 Å². The van der Waals surface area contributed by atoms with E-state index in [1.807, 2.05) is 0 Å². The standard InChI is InChI=1S/C10H13F3O4/c1-2-16-8(15)9(17-10(11,12)13)6-4-3-5-7(9)14/h2-6H2,1H3. The van der Waals surface area contributed by atoms with Gasteiger partial charge in [0, 0.05) is 6.42 Å². The molecule has 1 fully saturated rings. The lowest BCUT2D eigenvalue weighted by atomic mass is 9.83. The van der Waals surface area contributed by atoms with Crippen molar-refractivity contribution in [1.29, 1.82) is 0 Å². The first-order chi connectivity index (χ1) is 7.82. The van der Waals surface area contributed by atoms with Crippen LogP contribution in [-0.4, -0.2) is 30.3 Å². The van der Waals surface area contributed by atoms with Crippen LogP contribution in [0.2, 0.25) is 0 Å². The third-order valence-corrected chi connectivity index (χ3v) is 2.53. The van der Waals surface area contributed by atoms with Gasteiger partial charge in [-0.25, -0.2) is 4.79 Å². The maximum absolute atomic E-state index is 12.3. The Labute approximate surface area is 96.1 Å². The molecule has 0 aromatic rings. The van der Waals surface area contributed by atoms with Crippen LogP contribution in [0.3, 0.4) is 0 Å². The number of carbonyl (C=O) groups excluding carboxylic acids is 2. The van der Waals surface area contributed by atoms with Crippen molar-refractivity contribution in [2.24, 2.45) is 0 Å². The molecule has 0 saturated heterocycles. The molecule has 0 N–H and O–H groups in total. The maximum Gasteiger partial charge on any atom is 0.524 e. The van der Waals surface area contributed by atoms with Crippen molar-refractivity contribution < 1.29 is 32.2 Å². The average Bonchev–Trinajstić information content (AvgIpc) is 2.20. The lowest BCUT2D eigenvalue weighted by Gasteiger charge is -2.33. The summed E-state index contributed by atoms with van der Waals surface area (Å²) in [4.78, 5) is 23.1. The number of alkyl halides is 3. The van der Waals surface area contributed by atoms with Gasteiger partial charge in [0.05, 0.1) is 6.61 Å². The second-order valence-electron chi connectivity index (χ2n) is 3.73. The van der Waals surface area contributed by atoms with Crippen molar-refractivity contribution in [2.75, 3.05) is 6.61 Å². The minimum Gasteiger partial charge on any atom is -0.464 e. The predicted octanol–water partition coefficient (Wildman–Crippen LogP) is 1.97. The van der Waals surface area contributed by atoms with Crippen molar-refractivity contribution in [1.82, 2.24) is 0 Å². The van der Waals surface area contributed by atoms with Crippen LogP contribution in [0, 0.1) is 0 Å². The monoisotopic (exact) mass is 254 g/mol. The second kappa shape index (κ2) is 5.03. The Morgan fingerprint density at radius 1 is 1.41 bits per heavy atom. The summed E-state index contributed by atoms with van der Waals surface area (Å²) in [5.41, 5.74) is -2.49. The fourth-order valence-corrected chi connectivity index (χ4v) is 1.81. The Hall–Kier alpha value is -1.11. The zero-order valence-electron chi connectivity index (χ0n) is 9.30. The molecule has 1 rings (SSSR count). The topological polar surface area (TPSA) is 52.6 Å². The summed E-state index contributed by atoms with van der Waals surface area (Å²) >= 11 is 0. The first-order valence-electron chi connectivity index (χ1n) is 5.29. The minimum absolute atomic E-state index is 0.102. The van der Waals surface area contributed by atoms with Gasteiger partial charge < -0.3 is 4.74 Å². The quantitative estimate of drug-likeness (QED) is 0.570. The fourth-order valence-electron chi connectivity index (χ4n) is 1.81. The largest absolute Gasteiger partial charge is 0.524 e. The number of hydrogen-bond donors (Lipinski definition) is 0. The molecule has 0 spiro atoms. The van der Waals surface area contributed by atoms with Crippen LogP contribution in [-0.2, 0) is 19.1 Å². The van der Waals surface area contributed by atoms with Crippen LogP contribution >= 0.6 is 0 Å². The molecule has 0 aromatic heterocycles. The highest BCUT2D eigenvalue weighted by Gasteiger charge is 2.55. The lowest BCUT2D eigenvalue weighted by Crippen LogP contribution is -2.54. The summed E-state index contributed by atoms with van der Waals surface area (Å²) in [5, 5.41) is 0. The molecule has 0 radical (unpaired) electrons. The second-order valence-corrected chi connectivity index (χ2v) is 3.73.